The maximum atomic E-state index is 13.0. The molecule has 39 heavy (non-hydrogen) atoms. The lowest BCUT2D eigenvalue weighted by atomic mass is 9.91. The summed E-state index contributed by atoms with van der Waals surface area (Å²) in [5, 5.41) is 7.00. The number of aliphatic hydroxyl groups excluding tert-OH is 1. The first-order valence-electron chi connectivity index (χ1n) is 11.9. The normalized spacial score (nSPS) is 12.9. The number of nitrogens with one attached hydrogen (secondary N) is 1. The van der Waals surface area contributed by atoms with Gasteiger partial charge in [-0.3, -0.25) is 4.72 Å². The smallest absolute Gasteiger partial charge is 0.416 e. The number of fused-ring (bicyclic) bond motifs is 1. The zero-order chi connectivity index (χ0) is 29.1. The Morgan fingerprint density at radius 3 is 2.10 bits per heavy atom. The van der Waals surface area contributed by atoms with E-state index in [9.17, 15) is 26.7 Å². The Kier molecular flexibility index (Phi) is 15.1. The molecule has 0 aromatic heterocycles. The second-order valence-corrected chi connectivity index (χ2v) is 10.5. The van der Waals surface area contributed by atoms with E-state index in [1.54, 1.807) is 0 Å². The van der Waals surface area contributed by atoms with E-state index in [1.807, 2.05) is 32.9 Å². The topological polar surface area (TPSA) is 67.8 Å². The Balaban J connectivity index is 0.000000684. The lowest BCUT2D eigenvalue weighted by Gasteiger charge is -2.21. The van der Waals surface area contributed by atoms with Gasteiger partial charge in [0, 0.05) is 24.5 Å². The molecule has 0 spiro atoms. The first kappa shape index (κ1) is 36.6. The first-order valence-corrected chi connectivity index (χ1v) is 12.8. The molecule has 222 valence electrons. The number of carbonyl (C=O) groups is 1. The Hall–Kier alpha value is -2.37. The number of hydrogen-bond acceptors (Lipinski definition) is 6. The van der Waals surface area contributed by atoms with E-state index in [-0.39, 0.29) is 24.9 Å². The summed E-state index contributed by atoms with van der Waals surface area (Å²) in [5.74, 6) is -2.78. The fourth-order valence-corrected chi connectivity index (χ4v) is 4.19. The van der Waals surface area contributed by atoms with Crippen LogP contribution < -0.4 is 9.46 Å². The lowest BCUT2D eigenvalue weighted by Crippen LogP contribution is -2.27. The molecule has 0 fully saturated rings. The van der Waals surface area contributed by atoms with Crippen LogP contribution in [0, 0.1) is 0 Å². The number of alkyl halides is 5. The molecule has 2 aromatic rings. The van der Waals surface area contributed by atoms with Crippen LogP contribution >= 0.6 is 11.9 Å². The number of esters is 1. The summed E-state index contributed by atoms with van der Waals surface area (Å²) in [6.45, 7) is 6.11. The maximum Gasteiger partial charge on any atom is 0.416 e. The Labute approximate surface area is 232 Å². The van der Waals surface area contributed by atoms with Crippen LogP contribution in [-0.4, -0.2) is 37.4 Å². The number of rotatable bonds is 6. The number of aryl methyl sites for hydroxylation is 1. The average molecular weight is 582 g/mol. The third-order valence-electron chi connectivity index (χ3n) is 5.08. The molecule has 0 heterocycles. The Morgan fingerprint density at radius 1 is 0.974 bits per heavy atom. The van der Waals surface area contributed by atoms with Crippen molar-refractivity contribution in [3.8, 4) is 5.75 Å². The molecule has 2 N–H and O–H groups in total. The summed E-state index contributed by atoms with van der Waals surface area (Å²) >= 11 is 0.852. The van der Waals surface area contributed by atoms with Crippen LogP contribution in [0.15, 0.2) is 41.3 Å². The van der Waals surface area contributed by atoms with Crippen LogP contribution in [0.4, 0.5) is 22.0 Å². The molecule has 0 aliphatic heterocycles. The molecule has 0 radical (unpaired) electrons. The van der Waals surface area contributed by atoms with Gasteiger partial charge in [-0.25, -0.2) is 13.6 Å². The van der Waals surface area contributed by atoms with Crippen LogP contribution in [0.5, 0.6) is 5.75 Å². The number of ether oxygens (including phenoxy) is 2. The molecular formula is C28H40F5NO4S. The minimum atomic E-state index is -4.63. The second-order valence-electron chi connectivity index (χ2n) is 9.41. The Morgan fingerprint density at radius 2 is 1.56 bits per heavy atom. The molecule has 0 saturated heterocycles. The summed E-state index contributed by atoms with van der Waals surface area (Å²) in [6, 6.07) is 8.42. The first-order chi connectivity index (χ1) is 17.6. The number of aliphatic hydroxyl groups is 1. The predicted octanol–water partition coefficient (Wildman–Crippen LogP) is 7.57. The third kappa shape index (κ3) is 13.0. The zero-order valence-electron chi connectivity index (χ0n) is 22.5. The van der Waals surface area contributed by atoms with E-state index >= 15 is 0 Å². The lowest BCUT2D eigenvalue weighted by molar-refractivity contribution is -0.157. The molecule has 0 amide bonds. The predicted molar refractivity (Wildman–Crippen MR) is 145 cm³/mol. The van der Waals surface area contributed by atoms with Gasteiger partial charge in [0.25, 0.3) is 5.92 Å². The molecule has 1 aliphatic carbocycles. The third-order valence-corrected chi connectivity index (χ3v) is 5.75. The highest BCUT2D eigenvalue weighted by atomic mass is 32.2. The standard InChI is InChI=1S/C16H22O3.C10H10F5NS.CH4O.CH4/c1-16(2,3)19-15(17)11-18-14-10-6-8-12-7-4-5-9-13(12)14;1-9(11,12)6-3-7(10(13,14)15)5-8(4-6)17-16-2;1-2;/h6,8,10H,4-5,7,9,11H2,1-3H3;3-5,16H,1-2H3;2H,1H3;1H4. The van der Waals surface area contributed by atoms with Crippen molar-refractivity contribution in [2.75, 3.05) is 20.8 Å². The van der Waals surface area contributed by atoms with Gasteiger partial charge in [0.1, 0.15) is 11.4 Å². The van der Waals surface area contributed by atoms with Gasteiger partial charge in [0.2, 0.25) is 0 Å². The van der Waals surface area contributed by atoms with E-state index < -0.39 is 28.8 Å². The molecule has 0 unspecified atom stereocenters. The quantitative estimate of drug-likeness (QED) is 0.208. The summed E-state index contributed by atoms with van der Waals surface area (Å²) < 4.78 is 77.0. The molecule has 3 rings (SSSR count). The van der Waals surface area contributed by atoms with E-state index in [1.165, 1.54) is 31.0 Å². The summed E-state index contributed by atoms with van der Waals surface area (Å²) in [7, 11) is 2.49. The van der Waals surface area contributed by atoms with Crippen molar-refractivity contribution in [1.29, 1.82) is 0 Å². The molecule has 0 saturated carbocycles. The van der Waals surface area contributed by atoms with E-state index in [0.717, 1.165) is 49.8 Å². The van der Waals surface area contributed by atoms with E-state index in [0.29, 0.717) is 13.0 Å². The van der Waals surface area contributed by atoms with Gasteiger partial charge in [-0.2, -0.15) is 13.2 Å². The number of benzene rings is 2. The van der Waals surface area contributed by atoms with Crippen molar-refractivity contribution in [3.05, 3.63) is 58.7 Å². The van der Waals surface area contributed by atoms with Crippen molar-refractivity contribution in [1.82, 2.24) is 4.72 Å². The van der Waals surface area contributed by atoms with E-state index in [4.69, 9.17) is 14.6 Å². The number of carbonyl (C=O) groups excluding carboxylic acids is 1. The minimum absolute atomic E-state index is 0. The maximum absolute atomic E-state index is 13.0. The van der Waals surface area contributed by atoms with Crippen molar-refractivity contribution in [2.24, 2.45) is 0 Å². The van der Waals surface area contributed by atoms with Gasteiger partial charge in [0.05, 0.1) is 5.56 Å². The van der Waals surface area contributed by atoms with Gasteiger partial charge in [-0.15, -0.1) is 0 Å². The number of hydrogen-bond donors (Lipinski definition) is 2. The van der Waals surface area contributed by atoms with Crippen molar-refractivity contribution in [3.63, 3.8) is 0 Å². The van der Waals surface area contributed by atoms with Crippen LogP contribution in [0.25, 0.3) is 0 Å². The van der Waals surface area contributed by atoms with Crippen molar-refractivity contribution in [2.45, 2.75) is 83.4 Å². The molecule has 2 aromatic carbocycles. The summed E-state index contributed by atoms with van der Waals surface area (Å²) in [5.41, 5.74) is 0.431. The molecule has 0 bridgehead atoms. The molecule has 5 nitrogen and oxygen atoms in total. The summed E-state index contributed by atoms with van der Waals surface area (Å²) in [6.07, 6.45) is -0.0502. The average Bonchev–Trinajstić information content (AvgIpc) is 2.82. The van der Waals surface area contributed by atoms with Crippen molar-refractivity contribution >= 4 is 17.9 Å². The largest absolute Gasteiger partial charge is 0.482 e. The number of halogens is 5. The molecule has 11 heteroatoms. The SMILES string of the molecule is C.CC(C)(C)OC(=O)COc1cccc2c1CCCC2.CNSc1cc(C(C)(F)F)cc(C(F)(F)F)c1.CO. The van der Waals surface area contributed by atoms with Crippen LogP contribution in [0.1, 0.15) is 70.2 Å². The van der Waals surface area contributed by atoms with Gasteiger partial charge < -0.3 is 14.6 Å². The fourth-order valence-electron chi connectivity index (χ4n) is 3.58. The van der Waals surface area contributed by atoms with Gasteiger partial charge in [-0.1, -0.05) is 19.6 Å². The zero-order valence-corrected chi connectivity index (χ0v) is 23.3. The van der Waals surface area contributed by atoms with Crippen LogP contribution in [0.3, 0.4) is 0 Å². The van der Waals surface area contributed by atoms with Gasteiger partial charge in [0.15, 0.2) is 6.61 Å². The highest BCUT2D eigenvalue weighted by Gasteiger charge is 2.34. The van der Waals surface area contributed by atoms with Crippen LogP contribution in [0.2, 0.25) is 0 Å². The van der Waals surface area contributed by atoms with E-state index in [2.05, 4.69) is 10.8 Å². The Bertz CT molecular complexity index is 1000. The van der Waals surface area contributed by atoms with Gasteiger partial charge >= 0.3 is 12.1 Å². The highest BCUT2D eigenvalue weighted by molar-refractivity contribution is 7.97. The van der Waals surface area contributed by atoms with Crippen molar-refractivity contribution < 1.29 is 41.3 Å². The monoisotopic (exact) mass is 581 g/mol. The summed E-state index contributed by atoms with van der Waals surface area (Å²) in [4.78, 5) is 11.7. The van der Waals surface area contributed by atoms with Gasteiger partial charge in [-0.05, 0) is 101 Å². The highest BCUT2D eigenvalue weighted by Crippen LogP contribution is 2.37. The second kappa shape index (κ2) is 16.0. The molecule has 1 aliphatic rings. The molecule has 0 atom stereocenters. The fraction of sp³-hybridized carbons (Fsp3) is 0.536. The van der Waals surface area contributed by atoms with Crippen LogP contribution in [-0.2, 0) is 34.5 Å². The minimum Gasteiger partial charge on any atom is -0.482 e. The molecular weight excluding hydrogens is 541 g/mol.